The molecule has 1 fully saturated rings. The Labute approximate surface area is 145 Å². The first-order chi connectivity index (χ1) is 12.1. The van der Waals surface area contributed by atoms with E-state index in [-0.39, 0.29) is 12.1 Å². The van der Waals surface area contributed by atoms with Crippen LogP contribution in [0.2, 0.25) is 0 Å². The first-order valence-electron chi connectivity index (χ1n) is 8.44. The van der Waals surface area contributed by atoms with Crippen LogP contribution >= 0.6 is 0 Å². The summed E-state index contributed by atoms with van der Waals surface area (Å²) in [5.41, 5.74) is 0.579. The van der Waals surface area contributed by atoms with Crippen LogP contribution < -0.4 is 10.6 Å². The zero-order chi connectivity index (χ0) is 17.4. The quantitative estimate of drug-likeness (QED) is 0.763. The maximum atomic E-state index is 12.5. The van der Waals surface area contributed by atoms with Crippen molar-refractivity contribution in [2.45, 2.75) is 38.3 Å². The van der Waals surface area contributed by atoms with E-state index < -0.39 is 5.54 Å². The molecule has 1 heterocycles. The number of hydrogen-bond acceptors (Lipinski definition) is 4. The molecule has 1 aliphatic carbocycles. The predicted molar refractivity (Wildman–Crippen MR) is 94.0 cm³/mol. The van der Waals surface area contributed by atoms with Gasteiger partial charge in [0.25, 0.3) is 5.89 Å². The van der Waals surface area contributed by atoms with E-state index in [0.29, 0.717) is 11.7 Å². The van der Waals surface area contributed by atoms with Crippen molar-refractivity contribution in [1.82, 2.24) is 20.8 Å². The first kappa shape index (κ1) is 15.6. The summed E-state index contributed by atoms with van der Waals surface area (Å²) in [6.45, 7) is 3.75. The SMILES string of the molecule is Cc1noc(C2(NC(=O)NC(C)c3cccc4ccccc34)CC2)n1. The zero-order valence-corrected chi connectivity index (χ0v) is 14.2. The van der Waals surface area contributed by atoms with Crippen LogP contribution in [0.5, 0.6) is 0 Å². The number of rotatable bonds is 4. The fourth-order valence-corrected chi connectivity index (χ4v) is 3.16. The molecule has 3 aromatic rings. The van der Waals surface area contributed by atoms with Crippen LogP contribution in [0.25, 0.3) is 10.8 Å². The van der Waals surface area contributed by atoms with Crippen molar-refractivity contribution in [2.75, 3.05) is 0 Å². The van der Waals surface area contributed by atoms with E-state index in [4.69, 9.17) is 4.52 Å². The topological polar surface area (TPSA) is 80.0 Å². The molecular formula is C19H20N4O2. The van der Waals surface area contributed by atoms with Gasteiger partial charge in [-0.3, -0.25) is 0 Å². The molecule has 6 nitrogen and oxygen atoms in total. The number of hydrogen-bond donors (Lipinski definition) is 2. The molecule has 2 N–H and O–H groups in total. The second-order valence-electron chi connectivity index (χ2n) is 6.62. The van der Waals surface area contributed by atoms with Gasteiger partial charge in [-0.1, -0.05) is 47.6 Å². The Balaban J connectivity index is 1.49. The Hall–Kier alpha value is -2.89. The van der Waals surface area contributed by atoms with Crippen LogP contribution in [0.4, 0.5) is 4.79 Å². The van der Waals surface area contributed by atoms with Gasteiger partial charge in [0.05, 0.1) is 6.04 Å². The van der Waals surface area contributed by atoms with Gasteiger partial charge in [0.15, 0.2) is 5.82 Å². The highest BCUT2D eigenvalue weighted by Crippen LogP contribution is 2.44. The standard InChI is InChI=1S/C19H20N4O2/c1-12(15-9-5-7-14-6-3-4-8-16(14)15)20-18(24)22-19(10-11-19)17-21-13(2)23-25-17/h3-9,12H,10-11H2,1-2H3,(H2,20,22,24). The van der Waals surface area contributed by atoms with Gasteiger partial charge in [0.1, 0.15) is 5.54 Å². The van der Waals surface area contributed by atoms with Gasteiger partial charge in [0, 0.05) is 0 Å². The molecule has 1 aliphatic rings. The summed E-state index contributed by atoms with van der Waals surface area (Å²) in [5, 5.41) is 12.1. The van der Waals surface area contributed by atoms with Crippen LogP contribution in [0.15, 0.2) is 47.0 Å². The lowest BCUT2D eigenvalue weighted by molar-refractivity contribution is 0.227. The average Bonchev–Trinajstić information content (AvgIpc) is 3.24. The minimum Gasteiger partial charge on any atom is -0.337 e. The summed E-state index contributed by atoms with van der Waals surface area (Å²) in [6.07, 6.45) is 1.62. The Kier molecular flexibility index (Phi) is 3.67. The molecule has 0 radical (unpaired) electrons. The smallest absolute Gasteiger partial charge is 0.316 e. The lowest BCUT2D eigenvalue weighted by Gasteiger charge is -2.19. The van der Waals surface area contributed by atoms with Crippen molar-refractivity contribution in [1.29, 1.82) is 0 Å². The van der Waals surface area contributed by atoms with Crippen molar-refractivity contribution in [3.8, 4) is 0 Å². The maximum Gasteiger partial charge on any atom is 0.316 e. The number of aryl methyl sites for hydroxylation is 1. The molecule has 0 saturated heterocycles. The largest absolute Gasteiger partial charge is 0.337 e. The lowest BCUT2D eigenvalue weighted by atomic mass is 10.00. The molecule has 2 amide bonds. The monoisotopic (exact) mass is 336 g/mol. The maximum absolute atomic E-state index is 12.5. The summed E-state index contributed by atoms with van der Waals surface area (Å²) in [6, 6.07) is 13.9. The van der Waals surface area contributed by atoms with E-state index >= 15 is 0 Å². The molecule has 0 aliphatic heterocycles. The van der Waals surface area contributed by atoms with Gasteiger partial charge < -0.3 is 15.2 Å². The van der Waals surface area contributed by atoms with E-state index in [1.54, 1.807) is 6.92 Å². The van der Waals surface area contributed by atoms with E-state index in [9.17, 15) is 4.79 Å². The average molecular weight is 336 g/mol. The normalized spacial score (nSPS) is 16.4. The fourth-order valence-electron chi connectivity index (χ4n) is 3.16. The van der Waals surface area contributed by atoms with Crippen LogP contribution in [0, 0.1) is 6.92 Å². The summed E-state index contributed by atoms with van der Waals surface area (Å²) < 4.78 is 5.24. The van der Waals surface area contributed by atoms with Crippen molar-refractivity contribution in [3.05, 3.63) is 59.7 Å². The number of amides is 2. The van der Waals surface area contributed by atoms with Crippen molar-refractivity contribution in [3.63, 3.8) is 0 Å². The Morgan fingerprint density at radius 1 is 1.20 bits per heavy atom. The molecule has 6 heteroatoms. The van der Waals surface area contributed by atoms with Crippen molar-refractivity contribution in [2.24, 2.45) is 0 Å². The molecule has 2 aromatic carbocycles. The zero-order valence-electron chi connectivity index (χ0n) is 14.2. The lowest BCUT2D eigenvalue weighted by Crippen LogP contribution is -2.43. The number of nitrogens with one attached hydrogen (secondary N) is 2. The molecule has 1 saturated carbocycles. The van der Waals surface area contributed by atoms with Gasteiger partial charge in [0.2, 0.25) is 0 Å². The molecule has 1 atom stereocenters. The number of nitrogens with zero attached hydrogens (tertiary/aromatic N) is 2. The van der Waals surface area contributed by atoms with E-state index in [1.807, 2.05) is 31.2 Å². The number of urea groups is 1. The fraction of sp³-hybridized carbons (Fsp3) is 0.316. The molecule has 1 unspecified atom stereocenters. The highest BCUT2D eigenvalue weighted by Gasteiger charge is 2.51. The molecule has 128 valence electrons. The minimum absolute atomic E-state index is 0.119. The highest BCUT2D eigenvalue weighted by atomic mass is 16.5. The van der Waals surface area contributed by atoms with Crippen LogP contribution in [0.1, 0.15) is 43.1 Å². The van der Waals surface area contributed by atoms with Gasteiger partial charge >= 0.3 is 6.03 Å². The summed E-state index contributed by atoms with van der Waals surface area (Å²) in [4.78, 5) is 16.7. The van der Waals surface area contributed by atoms with Crippen molar-refractivity contribution < 1.29 is 9.32 Å². The third-order valence-corrected chi connectivity index (χ3v) is 4.68. The molecule has 0 bridgehead atoms. The van der Waals surface area contributed by atoms with Crippen LogP contribution in [-0.2, 0) is 5.54 Å². The molecule has 1 aromatic heterocycles. The second-order valence-corrected chi connectivity index (χ2v) is 6.62. The summed E-state index contributed by atoms with van der Waals surface area (Å²) in [5.74, 6) is 1.06. The third kappa shape index (κ3) is 2.95. The number of carbonyl (C=O) groups excluding carboxylic acids is 1. The van der Waals surface area contributed by atoms with Gasteiger partial charge in [-0.25, -0.2) is 4.79 Å². The van der Waals surface area contributed by atoms with Crippen LogP contribution in [-0.4, -0.2) is 16.2 Å². The summed E-state index contributed by atoms with van der Waals surface area (Å²) in [7, 11) is 0. The van der Waals surface area contributed by atoms with E-state index in [2.05, 4.69) is 39.0 Å². The van der Waals surface area contributed by atoms with Gasteiger partial charge in [-0.05, 0) is 43.0 Å². The number of fused-ring (bicyclic) bond motifs is 1. The van der Waals surface area contributed by atoms with Crippen LogP contribution in [0.3, 0.4) is 0 Å². The Bertz CT molecular complexity index is 925. The number of carbonyl (C=O) groups is 1. The van der Waals surface area contributed by atoms with E-state index in [1.165, 1.54) is 0 Å². The number of benzene rings is 2. The second kappa shape index (κ2) is 5.88. The molecule has 25 heavy (non-hydrogen) atoms. The first-order valence-corrected chi connectivity index (χ1v) is 8.44. The highest BCUT2D eigenvalue weighted by molar-refractivity contribution is 5.86. The van der Waals surface area contributed by atoms with Crippen molar-refractivity contribution >= 4 is 16.8 Å². The molecule has 0 spiro atoms. The van der Waals surface area contributed by atoms with E-state index in [0.717, 1.165) is 29.2 Å². The molecule has 4 rings (SSSR count). The number of aromatic nitrogens is 2. The summed E-state index contributed by atoms with van der Waals surface area (Å²) >= 11 is 0. The Morgan fingerprint density at radius 2 is 1.96 bits per heavy atom. The van der Waals surface area contributed by atoms with Gasteiger partial charge in [-0.15, -0.1) is 0 Å². The third-order valence-electron chi connectivity index (χ3n) is 4.68. The van der Waals surface area contributed by atoms with Gasteiger partial charge in [-0.2, -0.15) is 4.98 Å². The predicted octanol–water partition coefficient (Wildman–Crippen LogP) is 3.58. The molecular weight excluding hydrogens is 316 g/mol. The Morgan fingerprint density at radius 3 is 2.68 bits per heavy atom. The minimum atomic E-state index is -0.510.